The molecule has 2 aliphatic heterocycles. The van der Waals surface area contributed by atoms with Gasteiger partial charge in [-0.1, -0.05) is 6.07 Å². The minimum absolute atomic E-state index is 0.0335. The van der Waals surface area contributed by atoms with Crippen LogP contribution in [0.4, 0.5) is 19.4 Å². The van der Waals surface area contributed by atoms with Gasteiger partial charge in [-0.25, -0.2) is 18.3 Å². The zero-order chi connectivity index (χ0) is 19.0. The van der Waals surface area contributed by atoms with Crippen LogP contribution in [0.3, 0.4) is 0 Å². The summed E-state index contributed by atoms with van der Waals surface area (Å²) >= 11 is 0. The molecule has 2 saturated heterocycles. The Morgan fingerprint density at radius 2 is 2.19 bits per heavy atom. The number of benzene rings is 1. The lowest BCUT2D eigenvalue weighted by Crippen LogP contribution is -2.41. The molecule has 2 fully saturated rings. The molecule has 1 N–H and O–H groups in total. The summed E-state index contributed by atoms with van der Waals surface area (Å²) in [5.74, 6) is -1.75. The highest BCUT2D eigenvalue weighted by Gasteiger charge is 2.38. The molecular formula is C18H18F2N4O3. The maximum absolute atomic E-state index is 13.8. The quantitative estimate of drug-likeness (QED) is 0.890. The number of anilines is 1. The van der Waals surface area contributed by atoms with Crippen LogP contribution in [0.2, 0.25) is 0 Å². The van der Waals surface area contributed by atoms with Crippen molar-refractivity contribution in [2.24, 2.45) is 5.92 Å². The second-order valence-electron chi connectivity index (χ2n) is 6.79. The number of halogens is 2. The third-order valence-corrected chi connectivity index (χ3v) is 4.97. The number of fused-ring (bicyclic) bond motifs is 1. The Labute approximate surface area is 153 Å². The van der Waals surface area contributed by atoms with Crippen molar-refractivity contribution in [3.63, 3.8) is 0 Å². The van der Waals surface area contributed by atoms with Crippen LogP contribution in [0.1, 0.15) is 19.3 Å². The summed E-state index contributed by atoms with van der Waals surface area (Å²) in [4.78, 5) is 25.5. The SMILES string of the molecule is O=C(C[C@H]1CCN2C(=O)OC[C@H]2C1)Nc1ccn(-c2cccc(F)c2F)n1. The molecule has 7 nitrogen and oxygen atoms in total. The number of aromatic nitrogens is 2. The summed E-state index contributed by atoms with van der Waals surface area (Å²) in [5, 5.41) is 6.77. The average molecular weight is 376 g/mol. The predicted molar refractivity (Wildman–Crippen MR) is 91.3 cm³/mol. The van der Waals surface area contributed by atoms with Crippen LogP contribution < -0.4 is 5.32 Å². The Morgan fingerprint density at radius 3 is 3.04 bits per heavy atom. The van der Waals surface area contributed by atoms with Gasteiger partial charge < -0.3 is 15.0 Å². The Kier molecular flexibility index (Phi) is 4.51. The zero-order valence-electron chi connectivity index (χ0n) is 14.4. The van der Waals surface area contributed by atoms with E-state index in [1.807, 2.05) is 0 Å². The summed E-state index contributed by atoms with van der Waals surface area (Å²) in [6.45, 7) is 0.968. The Bertz CT molecular complexity index is 885. The molecule has 9 heteroatoms. The lowest BCUT2D eigenvalue weighted by molar-refractivity contribution is -0.117. The van der Waals surface area contributed by atoms with Crippen molar-refractivity contribution in [3.05, 3.63) is 42.1 Å². The van der Waals surface area contributed by atoms with E-state index in [4.69, 9.17) is 4.74 Å². The normalized spacial score (nSPS) is 21.7. The fraction of sp³-hybridized carbons (Fsp3) is 0.389. The highest BCUT2D eigenvalue weighted by molar-refractivity contribution is 5.89. The number of rotatable bonds is 4. The highest BCUT2D eigenvalue weighted by Crippen LogP contribution is 2.29. The number of piperidine rings is 1. The fourth-order valence-electron chi connectivity index (χ4n) is 3.62. The van der Waals surface area contributed by atoms with Gasteiger partial charge in [0, 0.05) is 25.2 Å². The van der Waals surface area contributed by atoms with Crippen molar-refractivity contribution in [2.45, 2.75) is 25.3 Å². The van der Waals surface area contributed by atoms with Crippen LogP contribution in [0, 0.1) is 17.6 Å². The number of carbonyl (C=O) groups is 2. The second-order valence-corrected chi connectivity index (χ2v) is 6.79. The molecule has 27 heavy (non-hydrogen) atoms. The van der Waals surface area contributed by atoms with Crippen LogP contribution in [0.25, 0.3) is 5.69 Å². The minimum Gasteiger partial charge on any atom is -0.447 e. The van der Waals surface area contributed by atoms with Gasteiger partial charge in [-0.3, -0.25) is 4.79 Å². The number of nitrogens with zero attached hydrogens (tertiary/aromatic N) is 3. The minimum atomic E-state index is -1.00. The molecule has 142 valence electrons. The molecule has 0 bridgehead atoms. The van der Waals surface area contributed by atoms with Gasteiger partial charge in [-0.05, 0) is 30.9 Å². The molecule has 1 aromatic carbocycles. The first-order chi connectivity index (χ1) is 13.0. The Hall–Kier alpha value is -2.97. The van der Waals surface area contributed by atoms with E-state index in [1.165, 1.54) is 29.1 Å². The van der Waals surface area contributed by atoms with Gasteiger partial charge in [-0.15, -0.1) is 5.10 Å². The number of carbonyl (C=O) groups excluding carboxylic acids is 2. The molecule has 1 aromatic heterocycles. The number of ether oxygens (including phenoxy) is 1. The monoisotopic (exact) mass is 376 g/mol. The molecule has 0 radical (unpaired) electrons. The van der Waals surface area contributed by atoms with Crippen molar-refractivity contribution in [3.8, 4) is 5.69 Å². The van der Waals surface area contributed by atoms with Gasteiger partial charge >= 0.3 is 6.09 Å². The van der Waals surface area contributed by atoms with E-state index in [1.54, 1.807) is 4.90 Å². The van der Waals surface area contributed by atoms with Crippen LogP contribution in [0.15, 0.2) is 30.5 Å². The molecule has 4 rings (SSSR count). The van der Waals surface area contributed by atoms with Crippen molar-refractivity contribution in [1.82, 2.24) is 14.7 Å². The molecule has 2 aromatic rings. The van der Waals surface area contributed by atoms with Gasteiger partial charge in [-0.2, -0.15) is 0 Å². The molecule has 3 heterocycles. The van der Waals surface area contributed by atoms with Crippen LogP contribution in [-0.2, 0) is 9.53 Å². The van der Waals surface area contributed by atoms with E-state index in [9.17, 15) is 18.4 Å². The first-order valence-electron chi connectivity index (χ1n) is 8.74. The van der Waals surface area contributed by atoms with Crippen LogP contribution >= 0.6 is 0 Å². The van der Waals surface area contributed by atoms with E-state index >= 15 is 0 Å². The van der Waals surface area contributed by atoms with Gasteiger partial charge in [0.1, 0.15) is 12.3 Å². The van der Waals surface area contributed by atoms with E-state index in [-0.39, 0.29) is 35.5 Å². The highest BCUT2D eigenvalue weighted by atomic mass is 19.2. The molecular weight excluding hydrogens is 358 g/mol. The number of amides is 2. The van der Waals surface area contributed by atoms with Crippen molar-refractivity contribution >= 4 is 17.8 Å². The van der Waals surface area contributed by atoms with Crippen molar-refractivity contribution in [2.75, 3.05) is 18.5 Å². The molecule has 0 aliphatic carbocycles. The third kappa shape index (κ3) is 3.49. The molecule has 2 amide bonds. The summed E-state index contributed by atoms with van der Waals surface area (Å²) in [6, 6.07) is 5.38. The topological polar surface area (TPSA) is 76.5 Å². The number of hydrogen-bond acceptors (Lipinski definition) is 4. The molecule has 0 saturated carbocycles. The average Bonchev–Trinajstić information content (AvgIpc) is 3.24. The molecule has 2 aliphatic rings. The first-order valence-corrected chi connectivity index (χ1v) is 8.74. The summed E-state index contributed by atoms with van der Waals surface area (Å²) < 4.78 is 33.4. The lowest BCUT2D eigenvalue weighted by Gasteiger charge is -2.31. The maximum atomic E-state index is 13.8. The second kappa shape index (κ2) is 6.98. The largest absolute Gasteiger partial charge is 0.447 e. The third-order valence-electron chi connectivity index (χ3n) is 4.97. The van der Waals surface area contributed by atoms with E-state index < -0.39 is 11.6 Å². The van der Waals surface area contributed by atoms with E-state index in [0.29, 0.717) is 19.6 Å². The number of cyclic esters (lactones) is 1. The van der Waals surface area contributed by atoms with Gasteiger partial charge in [0.05, 0.1) is 6.04 Å². The zero-order valence-corrected chi connectivity index (χ0v) is 14.4. The van der Waals surface area contributed by atoms with Crippen molar-refractivity contribution in [1.29, 1.82) is 0 Å². The summed E-state index contributed by atoms with van der Waals surface area (Å²) in [7, 11) is 0. The lowest BCUT2D eigenvalue weighted by atomic mass is 9.89. The Balaban J connectivity index is 1.36. The molecule has 0 spiro atoms. The molecule has 2 atom stereocenters. The number of hydrogen-bond donors (Lipinski definition) is 1. The first kappa shape index (κ1) is 17.4. The molecule has 0 unspecified atom stereocenters. The van der Waals surface area contributed by atoms with Crippen LogP contribution in [0.5, 0.6) is 0 Å². The van der Waals surface area contributed by atoms with Crippen LogP contribution in [-0.4, -0.2) is 45.9 Å². The summed E-state index contributed by atoms with van der Waals surface area (Å²) in [5.41, 5.74) is -0.0335. The van der Waals surface area contributed by atoms with E-state index in [2.05, 4.69) is 10.4 Å². The van der Waals surface area contributed by atoms with E-state index in [0.717, 1.165) is 18.9 Å². The van der Waals surface area contributed by atoms with Gasteiger partial charge in [0.25, 0.3) is 0 Å². The van der Waals surface area contributed by atoms with Gasteiger partial charge in [0.15, 0.2) is 17.5 Å². The number of nitrogens with one attached hydrogen (secondary N) is 1. The smallest absolute Gasteiger partial charge is 0.410 e. The maximum Gasteiger partial charge on any atom is 0.410 e. The summed E-state index contributed by atoms with van der Waals surface area (Å²) in [6.07, 6.45) is 2.94. The van der Waals surface area contributed by atoms with Gasteiger partial charge in [0.2, 0.25) is 5.91 Å². The predicted octanol–water partition coefficient (Wildman–Crippen LogP) is 2.71. The van der Waals surface area contributed by atoms with Crippen molar-refractivity contribution < 1.29 is 23.1 Å². The fourth-order valence-corrected chi connectivity index (χ4v) is 3.62. The standard InChI is InChI=1S/C18H18F2N4O3/c19-13-2-1-3-14(17(13)20)24-7-5-15(22-24)21-16(25)9-11-4-6-23-12(8-11)10-27-18(23)26/h1-3,5,7,11-12H,4,6,8-10H2,(H,21,22,25)/t11-,12+/m0/s1. The Morgan fingerprint density at radius 1 is 1.33 bits per heavy atom.